The molecule has 1 heterocycles. The third-order valence-corrected chi connectivity index (χ3v) is 3.81. The quantitative estimate of drug-likeness (QED) is 0.786. The smallest absolute Gasteiger partial charge is 0.204 e. The van der Waals surface area contributed by atoms with Gasteiger partial charge in [-0.15, -0.1) is 10.2 Å². The Morgan fingerprint density at radius 1 is 0.957 bits per heavy atom. The average Bonchev–Trinajstić information content (AvgIpc) is 3.04. The number of nitrogens with zero attached hydrogens (tertiary/aromatic N) is 4. The Labute approximate surface area is 135 Å². The van der Waals surface area contributed by atoms with Gasteiger partial charge in [0.05, 0.1) is 6.54 Å². The number of benzene rings is 2. The number of aliphatic hydroxyl groups excluding tert-OH is 1. The first-order chi connectivity index (χ1) is 11.1. The van der Waals surface area contributed by atoms with E-state index in [1.54, 1.807) is 0 Å². The van der Waals surface area contributed by atoms with Crippen LogP contribution in [0.5, 0.6) is 0 Å². The minimum atomic E-state index is -0.651. The predicted molar refractivity (Wildman–Crippen MR) is 88.7 cm³/mol. The van der Waals surface area contributed by atoms with Crippen LogP contribution in [0.3, 0.4) is 0 Å². The summed E-state index contributed by atoms with van der Waals surface area (Å²) in [5, 5.41) is 22.7. The summed E-state index contributed by atoms with van der Waals surface area (Å²) < 4.78 is 0. The van der Waals surface area contributed by atoms with Gasteiger partial charge in [0, 0.05) is 5.56 Å². The number of hydrogen-bond donors (Lipinski definition) is 1. The van der Waals surface area contributed by atoms with Crippen LogP contribution in [0.15, 0.2) is 54.6 Å². The van der Waals surface area contributed by atoms with Crippen molar-refractivity contribution in [2.24, 2.45) is 0 Å². The van der Waals surface area contributed by atoms with E-state index in [4.69, 9.17) is 0 Å². The van der Waals surface area contributed by atoms with E-state index in [0.717, 1.165) is 11.1 Å². The van der Waals surface area contributed by atoms with Crippen LogP contribution in [0.2, 0.25) is 0 Å². The number of aromatic nitrogens is 4. The molecule has 0 radical (unpaired) electrons. The molecule has 118 valence electrons. The van der Waals surface area contributed by atoms with Gasteiger partial charge in [0.2, 0.25) is 5.82 Å². The Morgan fingerprint density at radius 3 is 2.30 bits per heavy atom. The van der Waals surface area contributed by atoms with Crippen molar-refractivity contribution in [3.63, 3.8) is 0 Å². The second kappa shape index (κ2) is 6.71. The summed E-state index contributed by atoms with van der Waals surface area (Å²) in [6.45, 7) is 4.60. The molecule has 0 saturated heterocycles. The standard InChI is InChI=1S/C18H20N4O/c1-13(2)14-8-10-16(11-9-14)18-19-21-22(20-18)12-17(23)15-6-4-3-5-7-15/h3-11,13,17,23H,12H2,1-2H3/t17-/m1/s1. The van der Waals surface area contributed by atoms with Crippen molar-refractivity contribution in [1.29, 1.82) is 0 Å². The highest BCUT2D eigenvalue weighted by molar-refractivity contribution is 5.54. The van der Waals surface area contributed by atoms with E-state index >= 15 is 0 Å². The molecule has 5 nitrogen and oxygen atoms in total. The lowest BCUT2D eigenvalue weighted by molar-refractivity contribution is 0.144. The van der Waals surface area contributed by atoms with Gasteiger partial charge in [0.15, 0.2) is 0 Å². The molecule has 3 rings (SSSR count). The Balaban J connectivity index is 1.73. The molecule has 0 aliphatic rings. The zero-order valence-corrected chi connectivity index (χ0v) is 13.3. The van der Waals surface area contributed by atoms with E-state index in [1.165, 1.54) is 10.4 Å². The lowest BCUT2D eigenvalue weighted by Gasteiger charge is -2.09. The van der Waals surface area contributed by atoms with Crippen molar-refractivity contribution in [3.8, 4) is 11.4 Å². The van der Waals surface area contributed by atoms with Crippen molar-refractivity contribution in [3.05, 3.63) is 65.7 Å². The average molecular weight is 308 g/mol. The van der Waals surface area contributed by atoms with Crippen LogP contribution in [0.25, 0.3) is 11.4 Å². The molecule has 2 aromatic carbocycles. The molecule has 0 aliphatic heterocycles. The summed E-state index contributed by atoms with van der Waals surface area (Å²) in [4.78, 5) is 1.43. The SMILES string of the molecule is CC(C)c1ccc(-c2nnn(C[C@@H](O)c3ccccc3)n2)cc1. The van der Waals surface area contributed by atoms with Gasteiger partial charge in [-0.3, -0.25) is 0 Å². The molecular formula is C18H20N4O. The van der Waals surface area contributed by atoms with Gasteiger partial charge in [-0.25, -0.2) is 0 Å². The first-order valence-corrected chi connectivity index (χ1v) is 7.74. The molecular weight excluding hydrogens is 288 g/mol. The topological polar surface area (TPSA) is 63.8 Å². The van der Waals surface area contributed by atoms with Crippen LogP contribution in [-0.4, -0.2) is 25.3 Å². The van der Waals surface area contributed by atoms with Crippen LogP contribution in [0, 0.1) is 0 Å². The van der Waals surface area contributed by atoms with Gasteiger partial charge < -0.3 is 5.11 Å². The van der Waals surface area contributed by atoms with Crippen LogP contribution in [0.4, 0.5) is 0 Å². The highest BCUT2D eigenvalue weighted by Gasteiger charge is 2.12. The molecule has 0 fully saturated rings. The van der Waals surface area contributed by atoms with Gasteiger partial charge in [-0.05, 0) is 22.3 Å². The fourth-order valence-electron chi connectivity index (χ4n) is 2.39. The van der Waals surface area contributed by atoms with E-state index in [9.17, 15) is 5.11 Å². The highest BCUT2D eigenvalue weighted by atomic mass is 16.3. The maximum absolute atomic E-state index is 10.2. The van der Waals surface area contributed by atoms with Crippen LogP contribution in [0.1, 0.15) is 37.0 Å². The molecule has 3 aromatic rings. The Kier molecular flexibility index (Phi) is 4.48. The van der Waals surface area contributed by atoms with E-state index in [2.05, 4.69) is 41.4 Å². The minimum absolute atomic E-state index is 0.279. The van der Waals surface area contributed by atoms with Crippen molar-refractivity contribution >= 4 is 0 Å². The van der Waals surface area contributed by atoms with E-state index in [0.29, 0.717) is 11.7 Å². The molecule has 5 heteroatoms. The maximum Gasteiger partial charge on any atom is 0.204 e. The minimum Gasteiger partial charge on any atom is -0.386 e. The summed E-state index contributed by atoms with van der Waals surface area (Å²) in [5.41, 5.74) is 3.04. The van der Waals surface area contributed by atoms with Crippen molar-refractivity contribution in [2.75, 3.05) is 0 Å². The maximum atomic E-state index is 10.2. The first kappa shape index (κ1) is 15.4. The monoisotopic (exact) mass is 308 g/mol. The lowest BCUT2D eigenvalue weighted by Crippen LogP contribution is -2.11. The van der Waals surface area contributed by atoms with Gasteiger partial charge in [0.25, 0.3) is 0 Å². The summed E-state index contributed by atoms with van der Waals surface area (Å²) >= 11 is 0. The second-order valence-corrected chi connectivity index (χ2v) is 5.87. The lowest BCUT2D eigenvalue weighted by atomic mass is 10.0. The molecule has 1 aromatic heterocycles. The fourth-order valence-corrected chi connectivity index (χ4v) is 2.39. The highest BCUT2D eigenvalue weighted by Crippen LogP contribution is 2.20. The van der Waals surface area contributed by atoms with E-state index < -0.39 is 6.10 Å². The second-order valence-electron chi connectivity index (χ2n) is 5.87. The molecule has 0 aliphatic carbocycles. The van der Waals surface area contributed by atoms with Crippen molar-refractivity contribution in [1.82, 2.24) is 20.2 Å². The number of rotatable bonds is 5. The predicted octanol–water partition coefficient (Wildman–Crippen LogP) is 3.20. The number of tetrazole rings is 1. The molecule has 1 N–H and O–H groups in total. The van der Waals surface area contributed by atoms with Gasteiger partial charge in [0.1, 0.15) is 6.10 Å². The molecule has 1 atom stereocenters. The van der Waals surface area contributed by atoms with E-state index in [-0.39, 0.29) is 6.54 Å². The summed E-state index contributed by atoms with van der Waals surface area (Å²) in [6.07, 6.45) is -0.651. The summed E-state index contributed by atoms with van der Waals surface area (Å²) in [6, 6.07) is 17.7. The largest absolute Gasteiger partial charge is 0.386 e. The van der Waals surface area contributed by atoms with Crippen molar-refractivity contribution < 1.29 is 5.11 Å². The van der Waals surface area contributed by atoms with Gasteiger partial charge >= 0.3 is 0 Å². The normalized spacial score (nSPS) is 12.5. The third kappa shape index (κ3) is 3.63. The number of aliphatic hydroxyl groups is 1. The third-order valence-electron chi connectivity index (χ3n) is 3.81. The fraction of sp³-hybridized carbons (Fsp3) is 0.278. The Bertz CT molecular complexity index is 750. The molecule has 23 heavy (non-hydrogen) atoms. The first-order valence-electron chi connectivity index (χ1n) is 7.74. The number of hydrogen-bond acceptors (Lipinski definition) is 4. The summed E-state index contributed by atoms with van der Waals surface area (Å²) in [5.74, 6) is 1.06. The van der Waals surface area contributed by atoms with Crippen molar-refractivity contribution in [2.45, 2.75) is 32.4 Å². The van der Waals surface area contributed by atoms with Crippen LogP contribution >= 0.6 is 0 Å². The zero-order valence-electron chi connectivity index (χ0n) is 13.3. The van der Waals surface area contributed by atoms with Crippen LogP contribution in [-0.2, 0) is 6.54 Å². The molecule has 0 bridgehead atoms. The Hall–Kier alpha value is -2.53. The molecule has 0 spiro atoms. The van der Waals surface area contributed by atoms with Crippen LogP contribution < -0.4 is 0 Å². The van der Waals surface area contributed by atoms with Gasteiger partial charge in [-0.1, -0.05) is 68.4 Å². The molecule has 0 saturated carbocycles. The molecule has 0 unspecified atom stereocenters. The Morgan fingerprint density at radius 2 is 1.65 bits per heavy atom. The van der Waals surface area contributed by atoms with Gasteiger partial charge in [-0.2, -0.15) is 4.80 Å². The van der Waals surface area contributed by atoms with E-state index in [1.807, 2.05) is 42.5 Å². The molecule has 0 amide bonds. The zero-order chi connectivity index (χ0) is 16.2. The summed E-state index contributed by atoms with van der Waals surface area (Å²) in [7, 11) is 0.